The number of thioether (sulfide) groups is 1. The van der Waals surface area contributed by atoms with Crippen LogP contribution in [0.2, 0.25) is 0 Å². The smallest absolute Gasteiger partial charge is 0.227 e. The van der Waals surface area contributed by atoms with Crippen LogP contribution in [0.3, 0.4) is 0 Å². The molecule has 2 aromatic rings. The van der Waals surface area contributed by atoms with Gasteiger partial charge in [0.15, 0.2) is 5.82 Å². The predicted octanol–water partition coefficient (Wildman–Crippen LogP) is 1.47. The third kappa shape index (κ3) is 2.03. The molecule has 86 valence electrons. The molecule has 17 heavy (non-hydrogen) atoms. The lowest BCUT2D eigenvalue weighted by molar-refractivity contribution is 0.0972. The molecular weight excluding hydrogens is 234 g/mol. The highest BCUT2D eigenvalue weighted by Crippen LogP contribution is 2.18. The predicted molar refractivity (Wildman–Crippen MR) is 68.1 cm³/mol. The number of Topliss-reactive ketones (excluding diaryl/α,β-unsaturated/α-hetero) is 1. The highest BCUT2D eigenvalue weighted by atomic mass is 32.2. The summed E-state index contributed by atoms with van der Waals surface area (Å²) in [6.07, 6.45) is 1.70. The molecule has 1 N–H and O–H groups in total. The standard InChI is InChI=1S/C12H11N3OS/c16-10(12-13-5-6-17-12)11-14-7-8-3-1-2-4-9(8)15-11/h1-4,7,12-13H,5-6H2. The zero-order valence-electron chi connectivity index (χ0n) is 9.09. The van der Waals surface area contributed by atoms with Crippen LogP contribution in [0.5, 0.6) is 0 Å². The first-order chi connectivity index (χ1) is 8.34. The number of rotatable bonds is 2. The first kappa shape index (κ1) is 10.7. The van der Waals surface area contributed by atoms with Crippen LogP contribution in [0.1, 0.15) is 10.6 Å². The van der Waals surface area contributed by atoms with Gasteiger partial charge in [-0.05, 0) is 6.07 Å². The van der Waals surface area contributed by atoms with Gasteiger partial charge in [-0.25, -0.2) is 9.97 Å². The van der Waals surface area contributed by atoms with Gasteiger partial charge in [-0.1, -0.05) is 18.2 Å². The maximum atomic E-state index is 12.1. The van der Waals surface area contributed by atoms with Crippen molar-refractivity contribution in [3.05, 3.63) is 36.3 Å². The number of hydrogen-bond acceptors (Lipinski definition) is 5. The van der Waals surface area contributed by atoms with Crippen molar-refractivity contribution in [2.24, 2.45) is 0 Å². The van der Waals surface area contributed by atoms with Gasteiger partial charge in [-0.3, -0.25) is 10.1 Å². The maximum absolute atomic E-state index is 12.1. The molecule has 0 spiro atoms. The molecule has 1 unspecified atom stereocenters. The van der Waals surface area contributed by atoms with E-state index in [9.17, 15) is 4.79 Å². The van der Waals surface area contributed by atoms with Crippen LogP contribution in [0, 0.1) is 0 Å². The number of benzene rings is 1. The van der Waals surface area contributed by atoms with Gasteiger partial charge in [0, 0.05) is 23.9 Å². The van der Waals surface area contributed by atoms with Crippen molar-refractivity contribution in [2.75, 3.05) is 12.3 Å². The van der Waals surface area contributed by atoms with Gasteiger partial charge >= 0.3 is 0 Å². The molecule has 1 aliphatic rings. The Balaban J connectivity index is 1.97. The first-order valence-corrected chi connectivity index (χ1v) is 6.50. The van der Waals surface area contributed by atoms with Crippen LogP contribution in [0.25, 0.3) is 10.9 Å². The van der Waals surface area contributed by atoms with Crippen molar-refractivity contribution in [2.45, 2.75) is 5.37 Å². The molecule has 1 aromatic heterocycles. The SMILES string of the molecule is O=C(c1ncc2ccccc2n1)C1NCCS1. The Bertz CT molecular complexity index is 566. The summed E-state index contributed by atoms with van der Waals surface area (Å²) in [5.74, 6) is 1.23. The summed E-state index contributed by atoms with van der Waals surface area (Å²) in [5, 5.41) is 3.91. The minimum absolute atomic E-state index is 0.0294. The van der Waals surface area contributed by atoms with Crippen molar-refractivity contribution in [3.8, 4) is 0 Å². The van der Waals surface area contributed by atoms with Gasteiger partial charge in [0.05, 0.1) is 5.52 Å². The van der Waals surface area contributed by atoms with Crippen LogP contribution in [-0.4, -0.2) is 33.4 Å². The number of aromatic nitrogens is 2. The first-order valence-electron chi connectivity index (χ1n) is 5.45. The minimum Gasteiger partial charge on any atom is -0.298 e. The highest BCUT2D eigenvalue weighted by molar-refractivity contribution is 8.00. The van der Waals surface area contributed by atoms with Crippen LogP contribution in [0.15, 0.2) is 30.5 Å². The van der Waals surface area contributed by atoms with E-state index in [4.69, 9.17) is 0 Å². The summed E-state index contributed by atoms with van der Waals surface area (Å²) < 4.78 is 0. The van der Waals surface area contributed by atoms with Gasteiger partial charge in [0.25, 0.3) is 0 Å². The number of nitrogens with one attached hydrogen (secondary N) is 1. The van der Waals surface area contributed by atoms with E-state index in [1.54, 1.807) is 18.0 Å². The van der Waals surface area contributed by atoms with E-state index in [0.717, 1.165) is 23.2 Å². The minimum atomic E-state index is -0.184. The fourth-order valence-corrected chi connectivity index (χ4v) is 2.77. The number of carbonyl (C=O) groups is 1. The molecule has 0 aliphatic carbocycles. The van der Waals surface area contributed by atoms with E-state index in [1.807, 2.05) is 24.3 Å². The average Bonchev–Trinajstić information content (AvgIpc) is 2.91. The van der Waals surface area contributed by atoms with E-state index < -0.39 is 0 Å². The Labute approximate surface area is 103 Å². The van der Waals surface area contributed by atoms with Crippen molar-refractivity contribution in [3.63, 3.8) is 0 Å². The molecule has 1 aromatic carbocycles. The largest absolute Gasteiger partial charge is 0.298 e. The summed E-state index contributed by atoms with van der Waals surface area (Å²) >= 11 is 1.61. The van der Waals surface area contributed by atoms with Gasteiger partial charge in [0.1, 0.15) is 5.37 Å². The summed E-state index contributed by atoms with van der Waals surface area (Å²) in [5.41, 5.74) is 0.814. The van der Waals surface area contributed by atoms with E-state index in [0.29, 0.717) is 5.82 Å². The van der Waals surface area contributed by atoms with Crippen molar-refractivity contribution in [1.29, 1.82) is 0 Å². The normalized spacial score (nSPS) is 19.6. The van der Waals surface area contributed by atoms with Crippen LogP contribution in [-0.2, 0) is 0 Å². The lowest BCUT2D eigenvalue weighted by Gasteiger charge is -2.07. The Hall–Kier alpha value is -1.46. The molecule has 1 fully saturated rings. The molecule has 0 saturated carbocycles. The Morgan fingerprint density at radius 3 is 3.12 bits per heavy atom. The molecule has 0 bridgehead atoms. The van der Waals surface area contributed by atoms with Gasteiger partial charge in [-0.15, -0.1) is 11.8 Å². The monoisotopic (exact) mass is 245 g/mol. The Kier molecular flexibility index (Phi) is 2.78. The lowest BCUT2D eigenvalue weighted by atomic mass is 10.2. The third-order valence-electron chi connectivity index (χ3n) is 2.66. The molecule has 4 nitrogen and oxygen atoms in total. The second-order valence-corrected chi connectivity index (χ2v) is 5.03. The topological polar surface area (TPSA) is 54.9 Å². The summed E-state index contributed by atoms with van der Waals surface area (Å²) in [7, 11) is 0. The van der Waals surface area contributed by atoms with Gasteiger partial charge in [0.2, 0.25) is 5.78 Å². The lowest BCUT2D eigenvalue weighted by Crippen LogP contribution is -2.30. The van der Waals surface area contributed by atoms with Crippen LogP contribution in [0.4, 0.5) is 0 Å². The fraction of sp³-hybridized carbons (Fsp3) is 0.250. The van der Waals surface area contributed by atoms with E-state index in [-0.39, 0.29) is 11.2 Å². The molecular formula is C12H11N3OS. The van der Waals surface area contributed by atoms with E-state index >= 15 is 0 Å². The van der Waals surface area contributed by atoms with Crippen LogP contribution < -0.4 is 5.32 Å². The molecule has 1 saturated heterocycles. The van der Waals surface area contributed by atoms with E-state index in [1.165, 1.54) is 0 Å². The molecule has 3 rings (SSSR count). The van der Waals surface area contributed by atoms with Gasteiger partial charge in [-0.2, -0.15) is 0 Å². The fourth-order valence-electron chi connectivity index (χ4n) is 1.80. The number of ketones is 1. The van der Waals surface area contributed by atoms with Gasteiger partial charge < -0.3 is 0 Å². The molecule has 0 radical (unpaired) electrons. The molecule has 0 amide bonds. The maximum Gasteiger partial charge on any atom is 0.227 e. The van der Waals surface area contributed by atoms with Crippen molar-refractivity contribution < 1.29 is 4.79 Å². The van der Waals surface area contributed by atoms with E-state index in [2.05, 4.69) is 15.3 Å². The number of hydrogen-bond donors (Lipinski definition) is 1. The summed E-state index contributed by atoms with van der Waals surface area (Å²) in [4.78, 5) is 20.5. The zero-order chi connectivity index (χ0) is 11.7. The third-order valence-corrected chi connectivity index (χ3v) is 3.82. The second-order valence-electron chi connectivity index (χ2n) is 3.82. The second kappa shape index (κ2) is 4.43. The van der Waals surface area contributed by atoms with Crippen molar-refractivity contribution in [1.82, 2.24) is 15.3 Å². The Morgan fingerprint density at radius 2 is 2.29 bits per heavy atom. The molecule has 1 atom stereocenters. The summed E-state index contributed by atoms with van der Waals surface area (Å²) in [6, 6.07) is 7.67. The number of fused-ring (bicyclic) bond motifs is 1. The number of nitrogens with zero attached hydrogens (tertiary/aromatic N) is 2. The molecule has 5 heteroatoms. The molecule has 1 aliphatic heterocycles. The average molecular weight is 245 g/mol. The van der Waals surface area contributed by atoms with Crippen LogP contribution >= 0.6 is 11.8 Å². The van der Waals surface area contributed by atoms with Crippen molar-refractivity contribution >= 4 is 28.4 Å². The Morgan fingerprint density at radius 1 is 1.41 bits per heavy atom. The highest BCUT2D eigenvalue weighted by Gasteiger charge is 2.25. The number of carbonyl (C=O) groups excluding carboxylic acids is 1. The molecule has 2 heterocycles. The number of para-hydroxylation sites is 1. The zero-order valence-corrected chi connectivity index (χ0v) is 9.91. The quantitative estimate of drug-likeness (QED) is 0.812. The summed E-state index contributed by atoms with van der Waals surface area (Å²) in [6.45, 7) is 0.870.